The average molecular weight is 454 g/mol. The van der Waals surface area contributed by atoms with Crippen molar-refractivity contribution in [3.05, 3.63) is 71.8 Å². The maximum atomic E-state index is 12.8. The molecule has 0 fully saturated rings. The second-order valence-electron chi connectivity index (χ2n) is 9.19. The van der Waals surface area contributed by atoms with Gasteiger partial charge in [0.05, 0.1) is 6.04 Å². The molecule has 0 radical (unpaired) electrons. The number of benzene rings is 2. The number of aryl methyl sites for hydroxylation is 1. The standard InChI is InChI=1S/C27H39N3O3/c1-27(2,3)33-26(32)30-20-11-17-24(28-21-18-23-14-8-5-9-15-23)25(31)29-19-10-16-22-12-6-4-7-13-22/h4-9,12-15,24,28H,10-11,16-21H2,1-3H3,(H,29,31)(H,30,32)/t24-/m0/s1. The second-order valence-corrected chi connectivity index (χ2v) is 9.19. The van der Waals surface area contributed by atoms with Crippen LogP contribution in [0.2, 0.25) is 0 Å². The highest BCUT2D eigenvalue weighted by molar-refractivity contribution is 5.81. The summed E-state index contributed by atoms with van der Waals surface area (Å²) in [6.45, 7) is 7.32. The van der Waals surface area contributed by atoms with E-state index in [1.807, 2.05) is 57.2 Å². The number of rotatable bonds is 13. The third kappa shape index (κ3) is 12.1. The molecule has 3 N–H and O–H groups in total. The number of ether oxygens (including phenoxy) is 1. The Labute approximate surface area is 198 Å². The van der Waals surface area contributed by atoms with Crippen molar-refractivity contribution < 1.29 is 14.3 Å². The van der Waals surface area contributed by atoms with E-state index in [2.05, 4.69) is 40.2 Å². The summed E-state index contributed by atoms with van der Waals surface area (Å²) in [5.41, 5.74) is 1.99. The largest absolute Gasteiger partial charge is 0.444 e. The lowest BCUT2D eigenvalue weighted by Gasteiger charge is -2.21. The first-order chi connectivity index (χ1) is 15.8. The van der Waals surface area contributed by atoms with Gasteiger partial charge in [0, 0.05) is 13.1 Å². The Bertz CT molecular complexity index is 820. The molecule has 180 valence electrons. The van der Waals surface area contributed by atoms with Crippen LogP contribution >= 0.6 is 0 Å². The number of nitrogens with one attached hydrogen (secondary N) is 3. The molecule has 2 aromatic carbocycles. The summed E-state index contributed by atoms with van der Waals surface area (Å²) >= 11 is 0. The van der Waals surface area contributed by atoms with E-state index >= 15 is 0 Å². The highest BCUT2D eigenvalue weighted by Crippen LogP contribution is 2.07. The van der Waals surface area contributed by atoms with Crippen LogP contribution in [-0.2, 0) is 22.4 Å². The first-order valence-corrected chi connectivity index (χ1v) is 11.9. The maximum absolute atomic E-state index is 12.8. The lowest BCUT2D eigenvalue weighted by Crippen LogP contribution is -2.45. The Hall–Kier alpha value is -2.86. The molecule has 2 aromatic rings. The van der Waals surface area contributed by atoms with E-state index < -0.39 is 11.7 Å². The van der Waals surface area contributed by atoms with Gasteiger partial charge in [-0.1, -0.05) is 60.7 Å². The molecule has 0 bridgehead atoms. The van der Waals surface area contributed by atoms with Gasteiger partial charge in [0.15, 0.2) is 0 Å². The fraction of sp³-hybridized carbons (Fsp3) is 0.481. The first-order valence-electron chi connectivity index (χ1n) is 11.9. The number of hydrogen-bond donors (Lipinski definition) is 3. The summed E-state index contributed by atoms with van der Waals surface area (Å²) < 4.78 is 5.26. The molecule has 6 nitrogen and oxygen atoms in total. The molecule has 33 heavy (non-hydrogen) atoms. The maximum Gasteiger partial charge on any atom is 0.407 e. The fourth-order valence-corrected chi connectivity index (χ4v) is 3.44. The lowest BCUT2D eigenvalue weighted by atomic mass is 10.1. The third-order valence-corrected chi connectivity index (χ3v) is 5.09. The molecule has 0 aliphatic rings. The number of alkyl carbamates (subject to hydrolysis) is 1. The molecule has 6 heteroatoms. The van der Waals surface area contributed by atoms with Gasteiger partial charge in [-0.05, 0) is 70.5 Å². The molecule has 1 atom stereocenters. The van der Waals surface area contributed by atoms with Crippen LogP contribution in [0.25, 0.3) is 0 Å². The van der Waals surface area contributed by atoms with Crippen molar-refractivity contribution in [2.45, 2.75) is 64.5 Å². The minimum absolute atomic E-state index is 0.00777. The Morgan fingerprint density at radius 2 is 1.36 bits per heavy atom. The van der Waals surface area contributed by atoms with Crippen molar-refractivity contribution in [3.8, 4) is 0 Å². The lowest BCUT2D eigenvalue weighted by molar-refractivity contribution is -0.123. The fourth-order valence-electron chi connectivity index (χ4n) is 3.44. The minimum atomic E-state index is -0.523. The van der Waals surface area contributed by atoms with Crippen molar-refractivity contribution >= 4 is 12.0 Å². The third-order valence-electron chi connectivity index (χ3n) is 5.09. The van der Waals surface area contributed by atoms with Gasteiger partial charge in [-0.2, -0.15) is 0 Å². The van der Waals surface area contributed by atoms with Crippen molar-refractivity contribution in [3.63, 3.8) is 0 Å². The van der Waals surface area contributed by atoms with Crippen molar-refractivity contribution in [1.82, 2.24) is 16.0 Å². The number of hydrogen-bond acceptors (Lipinski definition) is 4. The van der Waals surface area contributed by atoms with Gasteiger partial charge in [0.25, 0.3) is 0 Å². The van der Waals surface area contributed by atoms with Crippen LogP contribution in [-0.4, -0.2) is 43.3 Å². The molecule has 2 rings (SSSR count). The zero-order valence-corrected chi connectivity index (χ0v) is 20.2. The monoisotopic (exact) mass is 453 g/mol. The SMILES string of the molecule is CC(C)(C)OC(=O)NCCC[C@H](NCCc1ccccc1)C(=O)NCCCc1ccccc1. The Morgan fingerprint density at radius 3 is 1.97 bits per heavy atom. The smallest absolute Gasteiger partial charge is 0.407 e. The van der Waals surface area contributed by atoms with Gasteiger partial charge in [-0.3, -0.25) is 4.79 Å². The molecule has 0 saturated carbocycles. The minimum Gasteiger partial charge on any atom is -0.444 e. The molecule has 0 aromatic heterocycles. The van der Waals surface area contributed by atoms with E-state index in [4.69, 9.17) is 4.74 Å². The second kappa shape index (κ2) is 14.3. The van der Waals surface area contributed by atoms with E-state index in [0.29, 0.717) is 32.5 Å². The van der Waals surface area contributed by atoms with Crippen LogP contribution in [0.1, 0.15) is 51.2 Å². The molecule has 0 heterocycles. The summed E-state index contributed by atoms with van der Waals surface area (Å²) in [4.78, 5) is 24.7. The van der Waals surface area contributed by atoms with Crippen LogP contribution in [0.4, 0.5) is 4.79 Å². The number of carbonyl (C=O) groups is 2. The number of carbonyl (C=O) groups excluding carboxylic acids is 2. The van der Waals surface area contributed by atoms with E-state index in [1.165, 1.54) is 11.1 Å². The van der Waals surface area contributed by atoms with Crippen LogP contribution in [0, 0.1) is 0 Å². The first kappa shape index (κ1) is 26.4. The van der Waals surface area contributed by atoms with Gasteiger partial charge in [0.2, 0.25) is 5.91 Å². The van der Waals surface area contributed by atoms with E-state index in [-0.39, 0.29) is 11.9 Å². The zero-order valence-electron chi connectivity index (χ0n) is 20.2. The molecular formula is C27H39N3O3. The Kier molecular flexibility index (Phi) is 11.5. The summed E-state index contributed by atoms with van der Waals surface area (Å²) in [5.74, 6) is 0.00777. The number of amides is 2. The van der Waals surface area contributed by atoms with Crippen LogP contribution < -0.4 is 16.0 Å². The van der Waals surface area contributed by atoms with E-state index in [0.717, 1.165) is 19.3 Å². The van der Waals surface area contributed by atoms with Crippen molar-refractivity contribution in [1.29, 1.82) is 0 Å². The quantitative estimate of drug-likeness (QED) is 0.396. The van der Waals surface area contributed by atoms with Gasteiger partial charge in [-0.25, -0.2) is 4.79 Å². The molecule has 0 aliphatic heterocycles. The summed E-state index contributed by atoms with van der Waals surface area (Å²) in [6.07, 6.45) is 3.57. The molecule has 2 amide bonds. The van der Waals surface area contributed by atoms with Crippen LogP contribution in [0.3, 0.4) is 0 Å². The molecule has 0 spiro atoms. The van der Waals surface area contributed by atoms with E-state index in [9.17, 15) is 9.59 Å². The predicted octanol–water partition coefficient (Wildman–Crippen LogP) is 4.24. The molecular weight excluding hydrogens is 414 g/mol. The zero-order chi connectivity index (χ0) is 23.9. The highest BCUT2D eigenvalue weighted by atomic mass is 16.6. The normalized spacial score (nSPS) is 12.1. The molecule has 0 unspecified atom stereocenters. The summed E-state index contributed by atoms with van der Waals surface area (Å²) in [5, 5.41) is 9.23. The van der Waals surface area contributed by atoms with Gasteiger partial charge < -0.3 is 20.7 Å². The molecule has 0 aliphatic carbocycles. The van der Waals surface area contributed by atoms with Gasteiger partial charge >= 0.3 is 6.09 Å². The van der Waals surface area contributed by atoms with Gasteiger partial charge in [-0.15, -0.1) is 0 Å². The molecule has 0 saturated heterocycles. The van der Waals surface area contributed by atoms with Gasteiger partial charge in [0.1, 0.15) is 5.60 Å². The van der Waals surface area contributed by atoms with Crippen LogP contribution in [0.15, 0.2) is 60.7 Å². The van der Waals surface area contributed by atoms with Crippen molar-refractivity contribution in [2.24, 2.45) is 0 Å². The predicted molar refractivity (Wildman–Crippen MR) is 133 cm³/mol. The summed E-state index contributed by atoms with van der Waals surface area (Å²) in [6, 6.07) is 20.2. The van der Waals surface area contributed by atoms with Crippen LogP contribution in [0.5, 0.6) is 0 Å². The Balaban J connectivity index is 1.76. The van der Waals surface area contributed by atoms with E-state index in [1.54, 1.807) is 0 Å². The average Bonchev–Trinajstić information content (AvgIpc) is 2.78. The van der Waals surface area contributed by atoms with Crippen molar-refractivity contribution in [2.75, 3.05) is 19.6 Å². The Morgan fingerprint density at radius 1 is 0.788 bits per heavy atom. The topological polar surface area (TPSA) is 79.5 Å². The highest BCUT2D eigenvalue weighted by Gasteiger charge is 2.18. The summed E-state index contributed by atoms with van der Waals surface area (Å²) in [7, 11) is 0.